The molecule has 0 aliphatic carbocycles. The standard InChI is InChI=1S/C49H73N3O3/c1-3-5-7-9-11-13-15-17-19-21-35-50-45(53)34-33-44(49(55)51-36-22-20-18-16-14-12-10-8-6-4-2)52-46(54)28-23-25-39-37-42-31-29-40-26-24-27-41-30-32-43(38-39)48(42)47(40)41/h24,26-27,29-32,37-38,44H,3-23,25,28,33-36H2,1-2H3,(H,50,53)(H,51,55)(H,52,54)/t44-/m0/s1. The monoisotopic (exact) mass is 752 g/mol. The summed E-state index contributed by atoms with van der Waals surface area (Å²) in [6, 6.07) is 19.0. The van der Waals surface area contributed by atoms with Crippen molar-refractivity contribution in [2.45, 2.75) is 180 Å². The highest BCUT2D eigenvalue weighted by Crippen LogP contribution is 2.35. The van der Waals surface area contributed by atoms with E-state index < -0.39 is 6.04 Å². The zero-order valence-electron chi connectivity index (χ0n) is 34.6. The van der Waals surface area contributed by atoms with Gasteiger partial charge in [-0.15, -0.1) is 0 Å². The molecule has 0 unspecified atom stereocenters. The van der Waals surface area contributed by atoms with Crippen LogP contribution < -0.4 is 16.0 Å². The average molecular weight is 752 g/mol. The summed E-state index contributed by atoms with van der Waals surface area (Å²) < 4.78 is 0. The Kier molecular flexibility index (Phi) is 21.0. The maximum absolute atomic E-state index is 13.3. The molecule has 55 heavy (non-hydrogen) atoms. The number of hydrogen-bond acceptors (Lipinski definition) is 3. The van der Waals surface area contributed by atoms with Crippen LogP contribution in [0.15, 0.2) is 54.6 Å². The number of amides is 3. The van der Waals surface area contributed by atoms with Gasteiger partial charge in [-0.2, -0.15) is 0 Å². The van der Waals surface area contributed by atoms with Crippen LogP contribution in [0.1, 0.15) is 174 Å². The Morgan fingerprint density at radius 2 is 0.945 bits per heavy atom. The molecule has 0 saturated heterocycles. The molecule has 0 saturated carbocycles. The third kappa shape index (κ3) is 16.1. The molecule has 302 valence electrons. The predicted octanol–water partition coefficient (Wildman–Crippen LogP) is 12.2. The van der Waals surface area contributed by atoms with Gasteiger partial charge in [-0.1, -0.05) is 184 Å². The predicted molar refractivity (Wildman–Crippen MR) is 234 cm³/mol. The molecule has 1 atom stereocenters. The fraction of sp³-hybridized carbons (Fsp3) is 0.612. The molecule has 0 aromatic heterocycles. The zero-order valence-corrected chi connectivity index (χ0v) is 34.6. The van der Waals surface area contributed by atoms with E-state index in [-0.39, 0.29) is 24.1 Å². The second kappa shape index (κ2) is 26.2. The number of rotatable bonds is 31. The van der Waals surface area contributed by atoms with Crippen molar-refractivity contribution in [3.63, 3.8) is 0 Å². The Morgan fingerprint density at radius 1 is 0.491 bits per heavy atom. The first-order valence-electron chi connectivity index (χ1n) is 22.5. The maximum Gasteiger partial charge on any atom is 0.242 e. The number of nitrogens with one attached hydrogen (secondary N) is 3. The van der Waals surface area contributed by atoms with Gasteiger partial charge in [-0.25, -0.2) is 0 Å². The first kappa shape index (κ1) is 44.0. The van der Waals surface area contributed by atoms with Crippen molar-refractivity contribution in [3.8, 4) is 0 Å². The molecule has 4 aromatic carbocycles. The van der Waals surface area contributed by atoms with E-state index in [1.807, 2.05) is 0 Å². The lowest BCUT2D eigenvalue weighted by Gasteiger charge is -2.19. The highest BCUT2D eigenvalue weighted by Gasteiger charge is 2.21. The Hall–Kier alpha value is -3.67. The average Bonchev–Trinajstić information content (AvgIpc) is 3.19. The van der Waals surface area contributed by atoms with E-state index in [9.17, 15) is 14.4 Å². The van der Waals surface area contributed by atoms with Gasteiger partial charge in [0, 0.05) is 25.9 Å². The third-order valence-electron chi connectivity index (χ3n) is 11.4. The second-order valence-corrected chi connectivity index (χ2v) is 16.1. The SMILES string of the molecule is CCCCCCCCCCCCNC(=O)CC[C@H](NC(=O)CCCc1cc2ccc3cccc4ccc(c1)c2c34)C(=O)NCCCCCCCCCCCC. The summed E-state index contributed by atoms with van der Waals surface area (Å²) in [5, 5.41) is 16.7. The van der Waals surface area contributed by atoms with Crippen molar-refractivity contribution in [1.29, 1.82) is 0 Å². The van der Waals surface area contributed by atoms with Crippen LogP contribution >= 0.6 is 0 Å². The van der Waals surface area contributed by atoms with Gasteiger partial charge in [0.1, 0.15) is 6.04 Å². The molecule has 0 spiro atoms. The summed E-state index contributed by atoms with van der Waals surface area (Å²) in [6.07, 6.45) is 27.3. The van der Waals surface area contributed by atoms with Gasteiger partial charge in [-0.3, -0.25) is 14.4 Å². The topological polar surface area (TPSA) is 87.3 Å². The molecule has 0 aliphatic heterocycles. The van der Waals surface area contributed by atoms with Crippen LogP contribution in [-0.2, 0) is 20.8 Å². The zero-order chi connectivity index (χ0) is 38.9. The van der Waals surface area contributed by atoms with Gasteiger partial charge in [-0.05, 0) is 70.0 Å². The maximum atomic E-state index is 13.3. The van der Waals surface area contributed by atoms with E-state index in [1.54, 1.807) is 0 Å². The van der Waals surface area contributed by atoms with Crippen molar-refractivity contribution < 1.29 is 14.4 Å². The minimum atomic E-state index is -0.712. The van der Waals surface area contributed by atoms with Crippen LogP contribution in [0.5, 0.6) is 0 Å². The number of unbranched alkanes of at least 4 members (excludes halogenated alkanes) is 18. The molecule has 3 amide bonds. The fourth-order valence-corrected chi connectivity index (χ4v) is 8.10. The van der Waals surface area contributed by atoms with Gasteiger partial charge >= 0.3 is 0 Å². The molecular weight excluding hydrogens is 679 g/mol. The molecule has 0 aliphatic rings. The summed E-state index contributed by atoms with van der Waals surface area (Å²) in [4.78, 5) is 39.3. The smallest absolute Gasteiger partial charge is 0.242 e. The Balaban J connectivity index is 1.19. The number of carbonyl (C=O) groups is 3. The molecule has 4 rings (SSSR count). The molecule has 0 radical (unpaired) electrons. The Bertz CT molecular complexity index is 1620. The first-order valence-corrected chi connectivity index (χ1v) is 22.5. The van der Waals surface area contributed by atoms with Crippen LogP contribution in [0.4, 0.5) is 0 Å². The highest BCUT2D eigenvalue weighted by atomic mass is 16.2. The Labute approximate surface area is 333 Å². The third-order valence-corrected chi connectivity index (χ3v) is 11.4. The summed E-state index contributed by atoms with van der Waals surface area (Å²) in [5.41, 5.74) is 1.21. The molecule has 6 heteroatoms. The number of carbonyl (C=O) groups excluding carboxylic acids is 3. The van der Waals surface area contributed by atoms with E-state index >= 15 is 0 Å². The van der Waals surface area contributed by atoms with Crippen LogP contribution in [0.3, 0.4) is 0 Å². The molecule has 0 fully saturated rings. The van der Waals surface area contributed by atoms with Crippen molar-refractivity contribution in [1.82, 2.24) is 16.0 Å². The number of hydrogen-bond donors (Lipinski definition) is 3. The van der Waals surface area contributed by atoms with Crippen molar-refractivity contribution >= 4 is 50.0 Å². The van der Waals surface area contributed by atoms with Crippen LogP contribution in [-0.4, -0.2) is 36.9 Å². The summed E-state index contributed by atoms with van der Waals surface area (Å²) in [5.74, 6) is -0.367. The molecule has 0 bridgehead atoms. The van der Waals surface area contributed by atoms with Crippen LogP contribution in [0.25, 0.3) is 32.3 Å². The normalized spacial score (nSPS) is 12.1. The lowest BCUT2D eigenvalue weighted by molar-refractivity contribution is -0.129. The summed E-state index contributed by atoms with van der Waals surface area (Å²) >= 11 is 0. The van der Waals surface area contributed by atoms with E-state index in [2.05, 4.69) is 84.4 Å². The number of aryl methyl sites for hydroxylation is 1. The van der Waals surface area contributed by atoms with Crippen molar-refractivity contribution in [2.24, 2.45) is 0 Å². The highest BCUT2D eigenvalue weighted by molar-refractivity contribution is 6.23. The van der Waals surface area contributed by atoms with Gasteiger partial charge in [0.2, 0.25) is 17.7 Å². The number of benzene rings is 4. The fourth-order valence-electron chi connectivity index (χ4n) is 8.10. The molecular formula is C49H73N3O3. The van der Waals surface area contributed by atoms with Gasteiger partial charge < -0.3 is 16.0 Å². The lowest BCUT2D eigenvalue weighted by Crippen LogP contribution is -2.47. The van der Waals surface area contributed by atoms with E-state index in [1.165, 1.54) is 141 Å². The van der Waals surface area contributed by atoms with Gasteiger partial charge in [0.15, 0.2) is 0 Å². The van der Waals surface area contributed by atoms with E-state index in [4.69, 9.17) is 0 Å². The van der Waals surface area contributed by atoms with Gasteiger partial charge in [0.05, 0.1) is 0 Å². The summed E-state index contributed by atoms with van der Waals surface area (Å²) in [6.45, 7) is 5.77. The van der Waals surface area contributed by atoms with E-state index in [0.29, 0.717) is 32.4 Å². The second-order valence-electron chi connectivity index (χ2n) is 16.1. The molecule has 0 heterocycles. The molecule has 4 aromatic rings. The summed E-state index contributed by atoms with van der Waals surface area (Å²) in [7, 11) is 0. The largest absolute Gasteiger partial charge is 0.356 e. The van der Waals surface area contributed by atoms with Crippen molar-refractivity contribution in [3.05, 3.63) is 60.2 Å². The molecule has 3 N–H and O–H groups in total. The Morgan fingerprint density at radius 3 is 1.47 bits per heavy atom. The van der Waals surface area contributed by atoms with E-state index in [0.717, 1.165) is 32.1 Å². The lowest BCUT2D eigenvalue weighted by atomic mass is 9.92. The van der Waals surface area contributed by atoms with Gasteiger partial charge in [0.25, 0.3) is 0 Å². The first-order chi connectivity index (χ1) is 27.0. The molecule has 6 nitrogen and oxygen atoms in total. The van der Waals surface area contributed by atoms with Crippen LogP contribution in [0.2, 0.25) is 0 Å². The van der Waals surface area contributed by atoms with Crippen LogP contribution in [0, 0.1) is 0 Å². The quantitative estimate of drug-likeness (QED) is 0.0353. The minimum Gasteiger partial charge on any atom is -0.356 e. The minimum absolute atomic E-state index is 0.0492. The van der Waals surface area contributed by atoms with Crippen molar-refractivity contribution in [2.75, 3.05) is 13.1 Å².